The zero-order valence-electron chi connectivity index (χ0n) is 18.1. The van der Waals surface area contributed by atoms with E-state index >= 15 is 0 Å². The highest BCUT2D eigenvalue weighted by molar-refractivity contribution is 5.93. The van der Waals surface area contributed by atoms with Crippen molar-refractivity contribution in [1.82, 2.24) is 29.4 Å². The zero-order chi connectivity index (χ0) is 22.6. The molecule has 3 heterocycles. The summed E-state index contributed by atoms with van der Waals surface area (Å²) < 4.78 is 3.51. The van der Waals surface area contributed by atoms with Gasteiger partial charge in [0.25, 0.3) is 5.91 Å². The predicted octanol–water partition coefficient (Wildman–Crippen LogP) is 4.39. The molecule has 0 N–H and O–H groups in total. The maximum Gasteiger partial charge on any atom is 0.255 e. The highest BCUT2D eigenvalue weighted by Crippen LogP contribution is 2.25. The lowest BCUT2D eigenvalue weighted by atomic mass is 10.1. The van der Waals surface area contributed by atoms with Crippen molar-refractivity contribution in [2.24, 2.45) is 0 Å². The van der Waals surface area contributed by atoms with Crippen molar-refractivity contribution in [3.8, 4) is 22.8 Å². The third kappa shape index (κ3) is 4.29. The molecule has 0 spiro atoms. The van der Waals surface area contributed by atoms with Crippen LogP contribution in [0.5, 0.6) is 0 Å². The fourth-order valence-electron chi connectivity index (χ4n) is 3.68. The van der Waals surface area contributed by atoms with Crippen molar-refractivity contribution in [2.45, 2.75) is 6.54 Å². The molecule has 0 aliphatic heterocycles. The smallest absolute Gasteiger partial charge is 0.255 e. The van der Waals surface area contributed by atoms with Crippen molar-refractivity contribution in [3.63, 3.8) is 0 Å². The van der Waals surface area contributed by atoms with E-state index in [1.54, 1.807) is 41.2 Å². The van der Waals surface area contributed by atoms with E-state index in [9.17, 15) is 4.79 Å². The first kappa shape index (κ1) is 20.4. The molecule has 1 amide bonds. The molecule has 5 rings (SSSR count). The molecule has 7 nitrogen and oxygen atoms in total. The molecule has 0 aliphatic carbocycles. The summed E-state index contributed by atoms with van der Waals surface area (Å²) >= 11 is 0. The molecule has 0 radical (unpaired) electrons. The molecule has 0 fully saturated rings. The van der Waals surface area contributed by atoms with Gasteiger partial charge in [0.1, 0.15) is 0 Å². The van der Waals surface area contributed by atoms with E-state index in [0.717, 1.165) is 22.5 Å². The van der Waals surface area contributed by atoms with Crippen LogP contribution in [0.2, 0.25) is 0 Å². The standard InChI is InChI=1S/C26H22N6O/c1-30(26(33)21-13-14-24(27-17-21)31-16-8-15-28-31)18-22-19-32(23-11-6-3-7-12-23)29-25(22)20-9-4-2-5-10-20/h2-17,19H,18H2,1H3. The van der Waals surface area contributed by atoms with E-state index in [0.29, 0.717) is 17.9 Å². The Morgan fingerprint density at radius 3 is 2.33 bits per heavy atom. The average molecular weight is 435 g/mol. The molecule has 0 bridgehead atoms. The van der Waals surface area contributed by atoms with E-state index in [-0.39, 0.29) is 5.91 Å². The number of hydrogen-bond acceptors (Lipinski definition) is 4. The molecule has 162 valence electrons. The van der Waals surface area contributed by atoms with E-state index < -0.39 is 0 Å². The van der Waals surface area contributed by atoms with E-state index in [2.05, 4.69) is 10.1 Å². The SMILES string of the molecule is CN(Cc1cn(-c2ccccc2)nc1-c1ccccc1)C(=O)c1ccc(-n2cccn2)nc1. The predicted molar refractivity (Wildman–Crippen MR) is 126 cm³/mol. The summed E-state index contributed by atoms with van der Waals surface area (Å²) in [7, 11) is 1.79. The number of rotatable bonds is 6. The van der Waals surface area contributed by atoms with Crippen LogP contribution < -0.4 is 0 Å². The molecule has 0 aliphatic rings. The number of amides is 1. The van der Waals surface area contributed by atoms with Crippen LogP contribution in [0.3, 0.4) is 0 Å². The number of benzene rings is 2. The second kappa shape index (κ2) is 8.92. The molecule has 0 atom stereocenters. The minimum absolute atomic E-state index is 0.110. The summed E-state index contributed by atoms with van der Waals surface area (Å²) in [5.41, 5.74) is 4.31. The van der Waals surface area contributed by atoms with Gasteiger partial charge in [0.2, 0.25) is 0 Å². The van der Waals surface area contributed by atoms with Gasteiger partial charge in [-0.2, -0.15) is 10.2 Å². The fourth-order valence-corrected chi connectivity index (χ4v) is 3.68. The van der Waals surface area contributed by atoms with E-state index in [1.807, 2.05) is 83.8 Å². The molecule has 5 aromatic rings. The Hall–Kier alpha value is -4.52. The third-order valence-electron chi connectivity index (χ3n) is 5.35. The number of carbonyl (C=O) groups is 1. The lowest BCUT2D eigenvalue weighted by Gasteiger charge is -2.17. The number of carbonyl (C=O) groups excluding carboxylic acids is 1. The number of para-hydroxylation sites is 1. The summed E-state index contributed by atoms with van der Waals surface area (Å²) in [5.74, 6) is 0.552. The van der Waals surface area contributed by atoms with Crippen molar-refractivity contribution in [2.75, 3.05) is 7.05 Å². The van der Waals surface area contributed by atoms with Gasteiger partial charge in [0, 0.05) is 49.5 Å². The largest absolute Gasteiger partial charge is 0.337 e. The molecule has 33 heavy (non-hydrogen) atoms. The molecular weight excluding hydrogens is 412 g/mol. The lowest BCUT2D eigenvalue weighted by molar-refractivity contribution is 0.0785. The number of hydrogen-bond donors (Lipinski definition) is 0. The topological polar surface area (TPSA) is 68.8 Å². The second-order valence-corrected chi connectivity index (χ2v) is 7.67. The van der Waals surface area contributed by atoms with E-state index in [4.69, 9.17) is 5.10 Å². The first-order valence-electron chi connectivity index (χ1n) is 10.6. The minimum atomic E-state index is -0.110. The second-order valence-electron chi connectivity index (χ2n) is 7.67. The van der Waals surface area contributed by atoms with Gasteiger partial charge in [-0.3, -0.25) is 4.79 Å². The summed E-state index contributed by atoms with van der Waals surface area (Å²) in [5, 5.41) is 9.00. The molecule has 3 aromatic heterocycles. The van der Waals surface area contributed by atoms with Crippen LogP contribution in [0.15, 0.2) is 104 Å². The zero-order valence-corrected chi connectivity index (χ0v) is 18.1. The Morgan fingerprint density at radius 1 is 0.909 bits per heavy atom. The molecule has 7 heteroatoms. The Balaban J connectivity index is 1.42. The monoisotopic (exact) mass is 434 g/mol. The Morgan fingerprint density at radius 2 is 1.67 bits per heavy atom. The highest BCUT2D eigenvalue weighted by atomic mass is 16.2. The average Bonchev–Trinajstić information content (AvgIpc) is 3.56. The fraction of sp³-hybridized carbons (Fsp3) is 0.0769. The maximum atomic E-state index is 13.1. The minimum Gasteiger partial charge on any atom is -0.337 e. The maximum absolute atomic E-state index is 13.1. The number of pyridine rings is 1. The van der Waals surface area contributed by atoms with Crippen LogP contribution in [0.25, 0.3) is 22.8 Å². The van der Waals surface area contributed by atoms with Crippen molar-refractivity contribution in [1.29, 1.82) is 0 Å². The van der Waals surface area contributed by atoms with Gasteiger partial charge in [0.05, 0.1) is 16.9 Å². The summed E-state index contributed by atoms with van der Waals surface area (Å²) in [6.45, 7) is 0.413. The summed E-state index contributed by atoms with van der Waals surface area (Å²) in [6.07, 6.45) is 7.07. The van der Waals surface area contributed by atoms with Crippen LogP contribution in [-0.4, -0.2) is 42.4 Å². The highest BCUT2D eigenvalue weighted by Gasteiger charge is 2.18. The lowest BCUT2D eigenvalue weighted by Crippen LogP contribution is -2.26. The van der Waals surface area contributed by atoms with Crippen LogP contribution in [0, 0.1) is 0 Å². The first-order valence-corrected chi connectivity index (χ1v) is 10.6. The van der Waals surface area contributed by atoms with Gasteiger partial charge in [-0.1, -0.05) is 48.5 Å². The third-order valence-corrected chi connectivity index (χ3v) is 5.35. The summed E-state index contributed by atoms with van der Waals surface area (Å²) in [4.78, 5) is 19.2. The van der Waals surface area contributed by atoms with Crippen molar-refractivity contribution >= 4 is 5.91 Å². The molecule has 0 saturated heterocycles. The van der Waals surface area contributed by atoms with Gasteiger partial charge in [-0.25, -0.2) is 14.3 Å². The van der Waals surface area contributed by atoms with Crippen LogP contribution in [0.4, 0.5) is 0 Å². The molecule has 0 saturated carbocycles. The van der Waals surface area contributed by atoms with Crippen LogP contribution >= 0.6 is 0 Å². The Bertz CT molecular complexity index is 1340. The van der Waals surface area contributed by atoms with Gasteiger partial charge >= 0.3 is 0 Å². The van der Waals surface area contributed by atoms with Crippen molar-refractivity contribution in [3.05, 3.63) is 115 Å². The normalized spacial score (nSPS) is 10.8. The van der Waals surface area contributed by atoms with Gasteiger partial charge in [-0.05, 0) is 30.3 Å². The van der Waals surface area contributed by atoms with E-state index in [1.165, 1.54) is 0 Å². The molecule has 2 aromatic carbocycles. The first-order chi connectivity index (χ1) is 16.2. The Kier molecular flexibility index (Phi) is 5.51. The Labute approximate surface area is 191 Å². The molecular formula is C26H22N6O. The van der Waals surface area contributed by atoms with Crippen molar-refractivity contribution < 1.29 is 4.79 Å². The van der Waals surface area contributed by atoms with Gasteiger partial charge in [0.15, 0.2) is 5.82 Å². The van der Waals surface area contributed by atoms with Crippen LogP contribution in [0.1, 0.15) is 15.9 Å². The number of aromatic nitrogens is 5. The van der Waals surface area contributed by atoms with Crippen LogP contribution in [-0.2, 0) is 6.54 Å². The molecule has 0 unspecified atom stereocenters. The summed E-state index contributed by atoms with van der Waals surface area (Å²) in [6, 6.07) is 25.4. The quantitative estimate of drug-likeness (QED) is 0.397. The number of nitrogens with zero attached hydrogens (tertiary/aromatic N) is 6. The van der Waals surface area contributed by atoms with Gasteiger partial charge < -0.3 is 4.90 Å². The van der Waals surface area contributed by atoms with Gasteiger partial charge in [-0.15, -0.1) is 0 Å².